The minimum atomic E-state index is -0.320. The highest BCUT2D eigenvalue weighted by Gasteiger charge is 2.32. The van der Waals surface area contributed by atoms with Crippen molar-refractivity contribution in [3.8, 4) is 0 Å². The van der Waals surface area contributed by atoms with Gasteiger partial charge in [-0.1, -0.05) is 18.2 Å². The van der Waals surface area contributed by atoms with Gasteiger partial charge in [-0.05, 0) is 24.1 Å². The Hall–Kier alpha value is -2.28. The number of aliphatic hydroxyl groups excluding tert-OH is 1. The maximum absolute atomic E-state index is 10.6. The van der Waals surface area contributed by atoms with E-state index in [2.05, 4.69) is 31.6 Å². The molecule has 0 spiro atoms. The van der Waals surface area contributed by atoms with Crippen LogP contribution >= 0.6 is 0 Å². The van der Waals surface area contributed by atoms with Crippen LogP contribution in [0.5, 0.6) is 0 Å². The molecule has 0 bridgehead atoms. The largest absolute Gasteiger partial charge is 0.391 e. The maximum Gasteiger partial charge on any atom is 0.122 e. The van der Waals surface area contributed by atoms with E-state index >= 15 is 0 Å². The van der Waals surface area contributed by atoms with Crippen LogP contribution in [-0.4, -0.2) is 57.5 Å². The van der Waals surface area contributed by atoms with Gasteiger partial charge in [0.25, 0.3) is 0 Å². The molecule has 0 radical (unpaired) electrons. The van der Waals surface area contributed by atoms with E-state index in [0.717, 1.165) is 37.4 Å². The van der Waals surface area contributed by atoms with Crippen LogP contribution in [0.4, 0.5) is 0 Å². The van der Waals surface area contributed by atoms with Crippen LogP contribution in [0.15, 0.2) is 48.9 Å². The number of aliphatic hydroxyl groups is 1. The fourth-order valence-electron chi connectivity index (χ4n) is 3.97. The number of β-amino-alcohol motifs (C(OH)–C–C–N with tert-alkyl or cyclic N) is 1. The fraction of sp³-hybridized carbons (Fsp3) is 0.429. The van der Waals surface area contributed by atoms with Crippen molar-refractivity contribution in [1.82, 2.24) is 19.4 Å². The van der Waals surface area contributed by atoms with Crippen LogP contribution in [0.25, 0.3) is 10.9 Å². The molecule has 1 N–H and O–H groups in total. The molecular formula is C21H26N4O2. The first kappa shape index (κ1) is 18.1. The number of ether oxygens (including phenoxy) is 1. The van der Waals surface area contributed by atoms with E-state index in [9.17, 15) is 5.11 Å². The minimum absolute atomic E-state index is 0.221. The van der Waals surface area contributed by atoms with Crippen LogP contribution < -0.4 is 0 Å². The van der Waals surface area contributed by atoms with Crippen molar-refractivity contribution in [3.63, 3.8) is 0 Å². The third kappa shape index (κ3) is 4.03. The molecule has 1 aromatic carbocycles. The Morgan fingerprint density at radius 2 is 2.04 bits per heavy atom. The van der Waals surface area contributed by atoms with Gasteiger partial charge in [-0.2, -0.15) is 0 Å². The van der Waals surface area contributed by atoms with Gasteiger partial charge in [-0.15, -0.1) is 0 Å². The zero-order valence-electron chi connectivity index (χ0n) is 15.7. The Morgan fingerprint density at radius 3 is 2.93 bits per heavy atom. The number of rotatable bonds is 7. The summed E-state index contributed by atoms with van der Waals surface area (Å²) in [5.74, 6) is 1.24. The number of benzene rings is 1. The van der Waals surface area contributed by atoms with Gasteiger partial charge in [-0.3, -0.25) is 9.88 Å². The van der Waals surface area contributed by atoms with E-state index in [-0.39, 0.29) is 12.0 Å². The molecule has 3 aromatic rings. The van der Waals surface area contributed by atoms with Gasteiger partial charge >= 0.3 is 0 Å². The number of imidazole rings is 1. The van der Waals surface area contributed by atoms with E-state index in [4.69, 9.17) is 4.74 Å². The Bertz CT molecular complexity index is 889. The Balaban J connectivity index is 1.43. The van der Waals surface area contributed by atoms with E-state index in [0.29, 0.717) is 13.2 Å². The molecule has 3 heterocycles. The van der Waals surface area contributed by atoms with Crippen molar-refractivity contribution in [2.45, 2.75) is 25.6 Å². The standard InChI is InChI=1S/C21H26N4O2/c1-27-11-10-25-9-8-23-21(25)15-24-13-17(20(26)14-24)12-16-6-7-22-19-5-3-2-4-18(16)19/h2-9,17,20,26H,10-15H2,1H3/t17-,20-/m1/s1. The normalized spacial score (nSPS) is 20.5. The first-order valence-corrected chi connectivity index (χ1v) is 9.46. The summed E-state index contributed by atoms with van der Waals surface area (Å²) >= 11 is 0. The summed E-state index contributed by atoms with van der Waals surface area (Å²) in [5, 5.41) is 11.8. The van der Waals surface area contributed by atoms with Gasteiger partial charge in [0, 0.05) is 56.6 Å². The lowest BCUT2D eigenvalue weighted by Gasteiger charge is -2.17. The third-order valence-corrected chi connectivity index (χ3v) is 5.41. The predicted octanol–water partition coefficient (Wildman–Crippen LogP) is 2.11. The van der Waals surface area contributed by atoms with Crippen LogP contribution in [-0.2, 0) is 24.2 Å². The lowest BCUT2D eigenvalue weighted by molar-refractivity contribution is 0.140. The summed E-state index contributed by atoms with van der Waals surface area (Å²) in [6.07, 6.45) is 6.22. The second-order valence-electron chi connectivity index (χ2n) is 7.24. The molecule has 0 saturated carbocycles. The molecule has 142 valence electrons. The van der Waals surface area contributed by atoms with Crippen LogP contribution in [0.2, 0.25) is 0 Å². The maximum atomic E-state index is 10.6. The highest BCUT2D eigenvalue weighted by molar-refractivity contribution is 5.81. The molecule has 2 atom stereocenters. The van der Waals surface area contributed by atoms with Crippen LogP contribution in [0.3, 0.4) is 0 Å². The zero-order chi connectivity index (χ0) is 18.6. The molecule has 0 amide bonds. The van der Waals surface area contributed by atoms with Gasteiger partial charge in [-0.25, -0.2) is 4.98 Å². The molecule has 0 aliphatic carbocycles. The highest BCUT2D eigenvalue weighted by Crippen LogP contribution is 2.26. The topological polar surface area (TPSA) is 63.4 Å². The lowest BCUT2D eigenvalue weighted by atomic mass is 9.94. The lowest BCUT2D eigenvalue weighted by Crippen LogP contribution is -2.24. The number of nitrogens with zero attached hydrogens (tertiary/aromatic N) is 4. The van der Waals surface area contributed by atoms with Crippen LogP contribution in [0, 0.1) is 5.92 Å². The van der Waals surface area contributed by atoms with E-state index in [1.54, 1.807) is 7.11 Å². The zero-order valence-corrected chi connectivity index (χ0v) is 15.7. The fourth-order valence-corrected chi connectivity index (χ4v) is 3.97. The monoisotopic (exact) mass is 366 g/mol. The molecule has 4 rings (SSSR count). The Morgan fingerprint density at radius 1 is 1.15 bits per heavy atom. The van der Waals surface area contributed by atoms with E-state index in [1.807, 2.05) is 36.8 Å². The summed E-state index contributed by atoms with van der Waals surface area (Å²) in [6.45, 7) is 3.78. The molecule has 6 heteroatoms. The molecule has 6 nitrogen and oxygen atoms in total. The molecule has 0 unspecified atom stereocenters. The van der Waals surface area contributed by atoms with Crippen molar-refractivity contribution in [1.29, 1.82) is 0 Å². The number of para-hydroxylation sites is 1. The molecular weight excluding hydrogens is 340 g/mol. The number of hydrogen-bond acceptors (Lipinski definition) is 5. The van der Waals surface area contributed by atoms with Crippen LogP contribution in [0.1, 0.15) is 11.4 Å². The van der Waals surface area contributed by atoms with E-state index in [1.165, 1.54) is 10.9 Å². The van der Waals surface area contributed by atoms with E-state index < -0.39 is 0 Å². The summed E-state index contributed by atoms with van der Waals surface area (Å²) in [6, 6.07) is 10.3. The smallest absolute Gasteiger partial charge is 0.122 e. The van der Waals surface area contributed by atoms with Crippen molar-refractivity contribution in [3.05, 3.63) is 60.3 Å². The Labute approximate surface area is 159 Å². The number of fused-ring (bicyclic) bond motifs is 1. The molecule has 1 saturated heterocycles. The second-order valence-corrected chi connectivity index (χ2v) is 7.24. The summed E-state index contributed by atoms with van der Waals surface area (Å²) in [7, 11) is 1.71. The molecule has 1 fully saturated rings. The van der Waals surface area contributed by atoms with Gasteiger partial charge in [0.05, 0.1) is 24.8 Å². The summed E-state index contributed by atoms with van der Waals surface area (Å²) in [4.78, 5) is 11.2. The first-order chi connectivity index (χ1) is 13.2. The minimum Gasteiger partial charge on any atom is -0.391 e. The first-order valence-electron chi connectivity index (χ1n) is 9.46. The van der Waals surface area contributed by atoms with Crippen molar-refractivity contribution in [2.75, 3.05) is 26.8 Å². The average molecular weight is 366 g/mol. The van der Waals surface area contributed by atoms with Gasteiger partial charge < -0.3 is 14.4 Å². The Kier molecular flexibility index (Phi) is 5.48. The summed E-state index contributed by atoms with van der Waals surface area (Å²) < 4.78 is 7.29. The van der Waals surface area contributed by atoms with Crippen molar-refractivity contribution < 1.29 is 9.84 Å². The third-order valence-electron chi connectivity index (χ3n) is 5.41. The molecule has 27 heavy (non-hydrogen) atoms. The number of likely N-dealkylation sites (tertiary alicyclic amines) is 1. The van der Waals surface area contributed by atoms with Crippen molar-refractivity contribution in [2.24, 2.45) is 5.92 Å². The average Bonchev–Trinajstić information content (AvgIpc) is 3.27. The number of aromatic nitrogens is 3. The quantitative estimate of drug-likeness (QED) is 0.694. The predicted molar refractivity (Wildman–Crippen MR) is 104 cm³/mol. The molecule has 1 aliphatic rings. The van der Waals surface area contributed by atoms with Gasteiger partial charge in [0.1, 0.15) is 5.82 Å². The number of pyridine rings is 1. The van der Waals surface area contributed by atoms with Gasteiger partial charge in [0.2, 0.25) is 0 Å². The second kappa shape index (κ2) is 8.17. The molecule has 2 aromatic heterocycles. The SMILES string of the molecule is COCCn1ccnc1CN1C[C@@H](Cc2ccnc3ccccc23)[C@H](O)C1. The van der Waals surface area contributed by atoms with Gasteiger partial charge in [0.15, 0.2) is 0 Å². The molecule has 1 aliphatic heterocycles. The number of hydrogen-bond donors (Lipinski definition) is 1. The van der Waals surface area contributed by atoms with Crippen molar-refractivity contribution >= 4 is 10.9 Å². The number of methoxy groups -OCH3 is 1. The highest BCUT2D eigenvalue weighted by atomic mass is 16.5. The summed E-state index contributed by atoms with van der Waals surface area (Å²) in [5.41, 5.74) is 2.27.